The molecule has 3 rings (SSSR count). The molecule has 0 amide bonds. The Bertz CT molecular complexity index is 525. The molecular weight excluding hydrogens is 250 g/mol. The minimum Gasteiger partial charge on any atom is -0.315 e. The average molecular weight is 271 g/mol. The van der Waals surface area contributed by atoms with Crippen molar-refractivity contribution in [3.8, 4) is 0 Å². The second kappa shape index (κ2) is 5.48. The summed E-state index contributed by atoms with van der Waals surface area (Å²) in [6.07, 6.45) is 3.58. The molecule has 0 saturated carbocycles. The van der Waals surface area contributed by atoms with E-state index in [-0.39, 0.29) is 0 Å². The molecule has 1 aromatic carbocycles. The first-order valence-electron chi connectivity index (χ1n) is 7.12. The summed E-state index contributed by atoms with van der Waals surface area (Å²) >= 11 is 1.99. The van der Waals surface area contributed by atoms with Crippen LogP contribution in [0.5, 0.6) is 0 Å². The zero-order valence-corrected chi connectivity index (χ0v) is 12.3. The maximum atomic E-state index is 3.47. The molecule has 0 unspecified atom stereocenters. The highest BCUT2D eigenvalue weighted by atomic mass is 32.1. The zero-order chi connectivity index (χ0) is 13.1. The standard InChI is InChI=1S/C17H21NS/c1-2-15-8-9-16(19-15)11-17(12-18-13-17)10-14-6-4-3-5-7-14/h3-9,18H,2,10-13H2,1H3. The third-order valence-electron chi connectivity index (χ3n) is 4.04. The summed E-state index contributed by atoms with van der Waals surface area (Å²) in [7, 11) is 0. The third-order valence-corrected chi connectivity index (χ3v) is 5.27. The average Bonchev–Trinajstić information content (AvgIpc) is 2.85. The molecule has 100 valence electrons. The van der Waals surface area contributed by atoms with Gasteiger partial charge in [0.15, 0.2) is 0 Å². The monoisotopic (exact) mass is 271 g/mol. The highest BCUT2D eigenvalue weighted by molar-refractivity contribution is 7.11. The van der Waals surface area contributed by atoms with E-state index in [9.17, 15) is 0 Å². The van der Waals surface area contributed by atoms with Crippen molar-refractivity contribution < 1.29 is 0 Å². The van der Waals surface area contributed by atoms with Gasteiger partial charge in [-0.05, 0) is 37.0 Å². The van der Waals surface area contributed by atoms with Crippen LogP contribution < -0.4 is 5.32 Å². The number of hydrogen-bond acceptors (Lipinski definition) is 2. The van der Waals surface area contributed by atoms with Gasteiger partial charge in [0.05, 0.1) is 0 Å². The Hall–Kier alpha value is -1.12. The molecule has 1 aliphatic rings. The predicted molar refractivity (Wildman–Crippen MR) is 82.8 cm³/mol. The van der Waals surface area contributed by atoms with Crippen LogP contribution in [0.25, 0.3) is 0 Å². The van der Waals surface area contributed by atoms with Gasteiger partial charge in [0.1, 0.15) is 0 Å². The molecule has 0 atom stereocenters. The Balaban J connectivity index is 1.72. The van der Waals surface area contributed by atoms with Crippen molar-refractivity contribution in [3.63, 3.8) is 0 Å². The van der Waals surface area contributed by atoms with E-state index in [1.54, 1.807) is 4.88 Å². The highest BCUT2D eigenvalue weighted by Gasteiger charge is 2.37. The summed E-state index contributed by atoms with van der Waals surface area (Å²) in [5.41, 5.74) is 1.91. The van der Waals surface area contributed by atoms with E-state index >= 15 is 0 Å². The van der Waals surface area contributed by atoms with E-state index < -0.39 is 0 Å². The summed E-state index contributed by atoms with van der Waals surface area (Å²) in [4.78, 5) is 3.06. The largest absolute Gasteiger partial charge is 0.315 e. The highest BCUT2D eigenvalue weighted by Crippen LogP contribution is 2.34. The van der Waals surface area contributed by atoms with Crippen LogP contribution in [0, 0.1) is 5.41 Å². The van der Waals surface area contributed by atoms with Crippen LogP contribution in [0.3, 0.4) is 0 Å². The summed E-state index contributed by atoms with van der Waals surface area (Å²) in [5.74, 6) is 0. The number of nitrogens with one attached hydrogen (secondary N) is 1. The van der Waals surface area contributed by atoms with Gasteiger partial charge in [0, 0.05) is 28.3 Å². The van der Waals surface area contributed by atoms with Crippen LogP contribution in [0.2, 0.25) is 0 Å². The molecular formula is C17H21NS. The molecule has 2 aromatic rings. The van der Waals surface area contributed by atoms with Crippen molar-refractivity contribution in [2.45, 2.75) is 26.2 Å². The van der Waals surface area contributed by atoms with Gasteiger partial charge in [-0.15, -0.1) is 11.3 Å². The Kier molecular flexibility index (Phi) is 3.72. The first-order valence-corrected chi connectivity index (χ1v) is 7.94. The van der Waals surface area contributed by atoms with Gasteiger partial charge in [-0.1, -0.05) is 37.3 Å². The lowest BCUT2D eigenvalue weighted by Gasteiger charge is -2.43. The van der Waals surface area contributed by atoms with E-state index in [4.69, 9.17) is 0 Å². The molecule has 19 heavy (non-hydrogen) atoms. The fourth-order valence-electron chi connectivity index (χ4n) is 2.90. The number of hydrogen-bond donors (Lipinski definition) is 1. The van der Waals surface area contributed by atoms with Gasteiger partial charge >= 0.3 is 0 Å². The molecule has 1 nitrogen and oxygen atoms in total. The molecule has 2 heterocycles. The minimum absolute atomic E-state index is 0.442. The summed E-state index contributed by atoms with van der Waals surface area (Å²) < 4.78 is 0. The van der Waals surface area contributed by atoms with E-state index in [1.165, 1.54) is 23.3 Å². The third kappa shape index (κ3) is 2.90. The van der Waals surface area contributed by atoms with Crippen LogP contribution in [0.1, 0.15) is 22.2 Å². The molecule has 1 saturated heterocycles. The fourth-order valence-corrected chi connectivity index (χ4v) is 4.03. The Morgan fingerprint density at radius 1 is 1.00 bits per heavy atom. The molecule has 1 aliphatic heterocycles. The fraction of sp³-hybridized carbons (Fsp3) is 0.412. The molecule has 2 heteroatoms. The molecule has 1 fully saturated rings. The first-order chi connectivity index (χ1) is 9.30. The SMILES string of the molecule is CCc1ccc(CC2(Cc3ccccc3)CNC2)s1. The van der Waals surface area contributed by atoms with Gasteiger partial charge < -0.3 is 5.32 Å². The van der Waals surface area contributed by atoms with Crippen molar-refractivity contribution in [3.05, 3.63) is 57.8 Å². The second-order valence-electron chi connectivity index (χ2n) is 5.66. The topological polar surface area (TPSA) is 12.0 Å². The quantitative estimate of drug-likeness (QED) is 0.874. The van der Waals surface area contributed by atoms with Gasteiger partial charge in [-0.3, -0.25) is 0 Å². The maximum Gasteiger partial charge on any atom is 0.00547 e. The van der Waals surface area contributed by atoms with Crippen LogP contribution in [-0.4, -0.2) is 13.1 Å². The van der Waals surface area contributed by atoms with E-state index in [0.717, 1.165) is 19.5 Å². The Labute approximate surface area is 119 Å². The molecule has 0 spiro atoms. The zero-order valence-electron chi connectivity index (χ0n) is 11.5. The lowest BCUT2D eigenvalue weighted by Crippen LogP contribution is -2.55. The van der Waals surface area contributed by atoms with E-state index in [0.29, 0.717) is 5.41 Å². The van der Waals surface area contributed by atoms with Crippen molar-refractivity contribution in [2.24, 2.45) is 5.41 Å². The van der Waals surface area contributed by atoms with Crippen LogP contribution in [0.4, 0.5) is 0 Å². The molecule has 1 N–H and O–H groups in total. The van der Waals surface area contributed by atoms with Gasteiger partial charge in [0.2, 0.25) is 0 Å². The molecule has 1 aromatic heterocycles. The summed E-state index contributed by atoms with van der Waals surface area (Å²) in [6.45, 7) is 4.54. The molecule has 0 radical (unpaired) electrons. The Morgan fingerprint density at radius 3 is 2.32 bits per heavy atom. The lowest BCUT2D eigenvalue weighted by molar-refractivity contribution is 0.168. The van der Waals surface area contributed by atoms with Crippen molar-refractivity contribution in [1.29, 1.82) is 0 Å². The lowest BCUT2D eigenvalue weighted by atomic mass is 9.73. The number of thiophene rings is 1. The van der Waals surface area contributed by atoms with Gasteiger partial charge in [-0.2, -0.15) is 0 Å². The first kappa shape index (κ1) is 12.9. The van der Waals surface area contributed by atoms with Crippen LogP contribution in [-0.2, 0) is 19.3 Å². The van der Waals surface area contributed by atoms with E-state index in [1.807, 2.05) is 11.3 Å². The number of benzene rings is 1. The maximum absolute atomic E-state index is 3.47. The summed E-state index contributed by atoms with van der Waals surface area (Å²) in [6, 6.07) is 15.5. The minimum atomic E-state index is 0.442. The van der Waals surface area contributed by atoms with Crippen LogP contribution in [0.15, 0.2) is 42.5 Å². The molecule has 0 bridgehead atoms. The van der Waals surface area contributed by atoms with Gasteiger partial charge in [0.25, 0.3) is 0 Å². The van der Waals surface area contributed by atoms with Crippen molar-refractivity contribution in [1.82, 2.24) is 5.32 Å². The van der Waals surface area contributed by atoms with Crippen molar-refractivity contribution in [2.75, 3.05) is 13.1 Å². The normalized spacial score (nSPS) is 17.1. The van der Waals surface area contributed by atoms with Gasteiger partial charge in [-0.25, -0.2) is 0 Å². The predicted octanol–water partition coefficient (Wildman–Crippen LogP) is 3.69. The van der Waals surface area contributed by atoms with Crippen molar-refractivity contribution >= 4 is 11.3 Å². The molecule has 0 aliphatic carbocycles. The number of aryl methyl sites for hydroxylation is 1. The summed E-state index contributed by atoms with van der Waals surface area (Å²) in [5, 5.41) is 3.47. The second-order valence-corrected chi connectivity index (χ2v) is 6.92. The smallest absolute Gasteiger partial charge is 0.00547 e. The number of rotatable bonds is 5. The van der Waals surface area contributed by atoms with Crippen LogP contribution >= 0.6 is 11.3 Å². The van der Waals surface area contributed by atoms with E-state index in [2.05, 4.69) is 54.7 Å². The Morgan fingerprint density at radius 2 is 1.74 bits per heavy atom.